The molecule has 1 aliphatic heterocycles. The quantitative estimate of drug-likeness (QED) is 0.214. The molecule has 1 aliphatic rings. The zero-order valence-electron chi connectivity index (χ0n) is 24.4. The highest BCUT2D eigenvalue weighted by Crippen LogP contribution is 2.44. The van der Waals surface area contributed by atoms with E-state index in [9.17, 15) is 28.3 Å². The fraction of sp³-hybridized carbons (Fsp3) is 0.333. The SMILES string of the molecule is COc1cc(CC(=O)O)ccc1OC1CCN(CC(O)(c2cn(Cc3ccccc3Cl)c3cc(C#N)ccc23)C(F)(F)F)CC1. The molecule has 0 bridgehead atoms. The van der Waals surface area contributed by atoms with Crippen molar-refractivity contribution < 1.29 is 37.7 Å². The number of carboxylic acids is 1. The van der Waals surface area contributed by atoms with Gasteiger partial charge in [-0.15, -0.1) is 0 Å². The van der Waals surface area contributed by atoms with Crippen LogP contribution in [0.25, 0.3) is 10.9 Å². The van der Waals surface area contributed by atoms with Gasteiger partial charge in [-0.2, -0.15) is 18.4 Å². The third-order valence-corrected chi connectivity index (χ3v) is 8.46. The summed E-state index contributed by atoms with van der Waals surface area (Å²) in [4.78, 5) is 12.6. The topological polar surface area (TPSA) is 108 Å². The molecule has 0 radical (unpaired) electrons. The number of fused-ring (bicyclic) bond motifs is 1. The van der Waals surface area contributed by atoms with Gasteiger partial charge in [-0.3, -0.25) is 9.69 Å². The summed E-state index contributed by atoms with van der Waals surface area (Å²) in [5.41, 5.74) is -1.63. The fourth-order valence-corrected chi connectivity index (χ4v) is 5.94. The molecule has 0 spiro atoms. The summed E-state index contributed by atoms with van der Waals surface area (Å²) < 4.78 is 57.6. The van der Waals surface area contributed by atoms with E-state index in [2.05, 4.69) is 0 Å². The summed E-state index contributed by atoms with van der Waals surface area (Å²) in [6.45, 7) is -0.0806. The molecule has 5 rings (SSSR count). The molecular formula is C33H31ClF3N3O5. The maximum absolute atomic E-state index is 14.8. The van der Waals surface area contributed by atoms with E-state index in [4.69, 9.17) is 26.2 Å². The maximum Gasteiger partial charge on any atom is 0.422 e. The number of nitriles is 1. The number of β-amino-alcohol motifs (C(OH)–C–C–N with tert-alkyl or cyclic N) is 1. The van der Waals surface area contributed by atoms with Crippen molar-refractivity contribution in [1.29, 1.82) is 5.26 Å². The van der Waals surface area contributed by atoms with Crippen LogP contribution >= 0.6 is 11.6 Å². The minimum atomic E-state index is -5.01. The number of carboxylic acid groups (broad SMARTS) is 1. The molecule has 0 saturated carbocycles. The summed E-state index contributed by atoms with van der Waals surface area (Å²) >= 11 is 6.35. The molecular weight excluding hydrogens is 611 g/mol. The van der Waals surface area contributed by atoms with E-state index in [0.29, 0.717) is 46.0 Å². The van der Waals surface area contributed by atoms with Crippen molar-refractivity contribution in [2.24, 2.45) is 0 Å². The third-order valence-electron chi connectivity index (χ3n) is 8.09. The summed E-state index contributed by atoms with van der Waals surface area (Å²) in [5.74, 6) is -0.190. The van der Waals surface area contributed by atoms with Crippen LogP contribution in [0.15, 0.2) is 66.9 Å². The Morgan fingerprint density at radius 3 is 2.47 bits per heavy atom. The van der Waals surface area contributed by atoms with E-state index < -0.39 is 24.3 Å². The molecule has 2 N–H and O–H groups in total. The zero-order chi connectivity index (χ0) is 32.4. The van der Waals surface area contributed by atoms with Gasteiger partial charge in [0.2, 0.25) is 5.60 Å². The highest BCUT2D eigenvalue weighted by Gasteiger charge is 2.57. The second-order valence-corrected chi connectivity index (χ2v) is 11.5. The molecule has 1 aromatic heterocycles. The normalized spacial score (nSPS) is 15.8. The predicted octanol–water partition coefficient (Wildman–Crippen LogP) is 6.14. The number of alkyl halides is 3. The van der Waals surface area contributed by atoms with Gasteiger partial charge in [0.15, 0.2) is 11.5 Å². The van der Waals surface area contributed by atoms with Gasteiger partial charge in [0, 0.05) is 48.3 Å². The Hall–Kier alpha value is -4.24. The van der Waals surface area contributed by atoms with Gasteiger partial charge < -0.3 is 24.3 Å². The van der Waals surface area contributed by atoms with Crippen molar-refractivity contribution in [2.75, 3.05) is 26.7 Å². The largest absolute Gasteiger partial charge is 0.493 e. The number of piperidine rings is 1. The number of likely N-dealkylation sites (tertiary alicyclic amines) is 1. The smallest absolute Gasteiger partial charge is 0.422 e. The van der Waals surface area contributed by atoms with Crippen LogP contribution in [0.2, 0.25) is 5.02 Å². The molecule has 2 heterocycles. The lowest BCUT2D eigenvalue weighted by Crippen LogP contribution is -2.53. The number of aromatic nitrogens is 1. The number of halogens is 4. The Balaban J connectivity index is 1.38. The number of aliphatic carboxylic acids is 1. The monoisotopic (exact) mass is 641 g/mol. The number of carbonyl (C=O) groups is 1. The van der Waals surface area contributed by atoms with E-state index in [0.717, 1.165) is 0 Å². The molecule has 0 amide bonds. The molecule has 45 heavy (non-hydrogen) atoms. The Morgan fingerprint density at radius 2 is 1.82 bits per heavy atom. The Kier molecular flexibility index (Phi) is 9.30. The number of methoxy groups -OCH3 is 1. The first kappa shape index (κ1) is 32.2. The van der Waals surface area contributed by atoms with Crippen molar-refractivity contribution in [2.45, 2.75) is 43.7 Å². The standard InChI is InChI=1S/C33H31ClF3N3O5/c1-44-30-15-21(16-31(41)42)7-9-29(30)45-24-10-12-39(13-11-24)20-32(43,33(35,36)37)26-19-40(18-23-4-2-3-5-27(23)34)28-14-22(17-38)6-8-25(26)28/h2-9,14-15,19,24,43H,10-13,16,18,20H2,1H3,(H,41,42). The number of benzene rings is 3. The van der Waals surface area contributed by atoms with Crippen LogP contribution in [0, 0.1) is 11.3 Å². The Bertz CT molecular complexity index is 1740. The lowest BCUT2D eigenvalue weighted by molar-refractivity contribution is -0.272. The summed E-state index contributed by atoms with van der Waals surface area (Å²) in [7, 11) is 1.44. The van der Waals surface area contributed by atoms with Gasteiger partial charge in [-0.05, 0) is 54.3 Å². The van der Waals surface area contributed by atoms with Gasteiger partial charge in [0.25, 0.3) is 0 Å². The van der Waals surface area contributed by atoms with Crippen LogP contribution in [0.4, 0.5) is 13.2 Å². The first-order chi connectivity index (χ1) is 21.4. The maximum atomic E-state index is 14.8. The Morgan fingerprint density at radius 1 is 1.09 bits per heavy atom. The first-order valence-electron chi connectivity index (χ1n) is 14.3. The minimum absolute atomic E-state index is 0.141. The van der Waals surface area contributed by atoms with Crippen LogP contribution < -0.4 is 9.47 Å². The lowest BCUT2D eigenvalue weighted by atomic mass is 9.90. The molecule has 4 aromatic rings. The number of aliphatic hydroxyl groups is 1. The van der Waals surface area contributed by atoms with Crippen molar-refractivity contribution in [3.63, 3.8) is 0 Å². The van der Waals surface area contributed by atoms with Crippen LogP contribution in [0.3, 0.4) is 0 Å². The van der Waals surface area contributed by atoms with Crippen molar-refractivity contribution >= 4 is 28.5 Å². The van der Waals surface area contributed by atoms with Crippen molar-refractivity contribution in [1.82, 2.24) is 9.47 Å². The lowest BCUT2D eigenvalue weighted by Gasteiger charge is -2.39. The molecule has 236 valence electrons. The molecule has 8 nitrogen and oxygen atoms in total. The molecule has 3 aromatic carbocycles. The van der Waals surface area contributed by atoms with E-state index in [1.807, 2.05) is 6.07 Å². The molecule has 1 saturated heterocycles. The number of hydrogen-bond acceptors (Lipinski definition) is 6. The van der Waals surface area contributed by atoms with Crippen LogP contribution in [-0.2, 0) is 23.4 Å². The molecule has 1 atom stereocenters. The number of hydrogen-bond donors (Lipinski definition) is 2. The summed E-state index contributed by atoms with van der Waals surface area (Å²) in [5, 5.41) is 30.7. The average Bonchev–Trinajstić information content (AvgIpc) is 3.37. The van der Waals surface area contributed by atoms with E-state index >= 15 is 0 Å². The van der Waals surface area contributed by atoms with Gasteiger partial charge in [0.1, 0.15) is 6.10 Å². The van der Waals surface area contributed by atoms with Gasteiger partial charge in [-0.25, -0.2) is 0 Å². The highest BCUT2D eigenvalue weighted by atomic mass is 35.5. The molecule has 1 unspecified atom stereocenters. The number of ether oxygens (including phenoxy) is 2. The van der Waals surface area contributed by atoms with E-state index in [1.165, 1.54) is 31.5 Å². The third kappa shape index (κ3) is 6.88. The molecule has 12 heteroatoms. The summed E-state index contributed by atoms with van der Waals surface area (Å²) in [6.07, 6.45) is -3.40. The minimum Gasteiger partial charge on any atom is -0.493 e. The number of rotatable bonds is 10. The fourth-order valence-electron chi connectivity index (χ4n) is 5.74. The van der Waals surface area contributed by atoms with Crippen LogP contribution in [0.5, 0.6) is 11.5 Å². The van der Waals surface area contributed by atoms with Crippen molar-refractivity contribution in [3.05, 3.63) is 94.1 Å². The second-order valence-electron chi connectivity index (χ2n) is 11.1. The number of nitrogens with zero attached hydrogens (tertiary/aromatic N) is 3. The van der Waals surface area contributed by atoms with Crippen LogP contribution in [0.1, 0.15) is 35.1 Å². The predicted molar refractivity (Wildman–Crippen MR) is 162 cm³/mol. The summed E-state index contributed by atoms with van der Waals surface area (Å²) in [6, 6.07) is 18.3. The zero-order valence-corrected chi connectivity index (χ0v) is 25.1. The molecule has 1 fully saturated rings. The molecule has 0 aliphatic carbocycles. The van der Waals surface area contributed by atoms with Gasteiger partial charge >= 0.3 is 12.1 Å². The van der Waals surface area contributed by atoms with Crippen LogP contribution in [-0.4, -0.2) is 64.7 Å². The van der Waals surface area contributed by atoms with Gasteiger partial charge in [0.05, 0.1) is 30.7 Å². The van der Waals surface area contributed by atoms with E-state index in [1.54, 1.807) is 51.9 Å². The second kappa shape index (κ2) is 13.0. The van der Waals surface area contributed by atoms with Crippen molar-refractivity contribution in [3.8, 4) is 17.6 Å². The highest BCUT2D eigenvalue weighted by molar-refractivity contribution is 6.31. The first-order valence-corrected chi connectivity index (χ1v) is 14.6. The van der Waals surface area contributed by atoms with E-state index in [-0.39, 0.29) is 48.7 Å². The van der Waals surface area contributed by atoms with Gasteiger partial charge in [-0.1, -0.05) is 41.9 Å². The Labute approximate surface area is 262 Å². The average molecular weight is 642 g/mol.